The molecule has 2 heteroatoms. The summed E-state index contributed by atoms with van der Waals surface area (Å²) in [6.45, 7) is 4.30. The molecule has 0 aromatic rings. The molecule has 0 spiro atoms. The van der Waals surface area contributed by atoms with Gasteiger partial charge in [0.25, 0.3) is 0 Å². The van der Waals surface area contributed by atoms with E-state index in [1.54, 1.807) is 0 Å². The third kappa shape index (κ3) is 1.47. The molecule has 1 atom stereocenters. The van der Waals surface area contributed by atoms with Crippen LogP contribution in [0.1, 0.15) is 13.8 Å². The zero-order chi connectivity index (χ0) is 6.85. The minimum atomic E-state index is 0.551. The molecule has 0 aromatic carbocycles. The number of rotatable bonds is 0. The summed E-state index contributed by atoms with van der Waals surface area (Å²) in [7, 11) is 0. The minimum Gasteiger partial charge on any atom is -0.312 e. The highest BCUT2D eigenvalue weighted by atomic mass is 127. The third-order valence-electron chi connectivity index (χ3n) is 1.42. The van der Waals surface area contributed by atoms with E-state index in [0.29, 0.717) is 6.04 Å². The summed E-state index contributed by atoms with van der Waals surface area (Å²) in [4.78, 5) is 0. The summed E-state index contributed by atoms with van der Waals surface area (Å²) < 4.78 is 2.22. The van der Waals surface area contributed by atoms with Crippen LogP contribution >= 0.6 is 22.9 Å². The molecule has 0 saturated heterocycles. The van der Waals surface area contributed by atoms with Crippen molar-refractivity contribution < 1.29 is 0 Å². The van der Waals surface area contributed by atoms with Gasteiger partial charge in [0.2, 0.25) is 0 Å². The number of halogens is 1. The third-order valence-corrected chi connectivity index (χ3v) is 3.06. The van der Waals surface area contributed by atoms with Gasteiger partial charge in [-0.3, -0.25) is 0 Å². The highest BCUT2D eigenvalue weighted by molar-refractivity contribution is 14.1. The molecule has 0 saturated carbocycles. The second-order valence-corrected chi connectivity index (χ2v) is 3.28. The fourth-order valence-electron chi connectivity index (χ4n) is 0.824. The second kappa shape index (κ2) is 2.73. The van der Waals surface area contributed by atoms with Crippen LogP contribution in [0.25, 0.3) is 0 Å². The highest BCUT2D eigenvalue weighted by Gasteiger charge is 2.09. The Morgan fingerprint density at radius 2 is 2.33 bits per heavy atom. The van der Waals surface area contributed by atoms with Crippen LogP contribution in [0.3, 0.4) is 0 Å². The van der Waals surface area contributed by atoms with E-state index in [9.17, 15) is 0 Å². The molecule has 1 aliphatic heterocycles. The van der Waals surface area contributed by atoms with Gasteiger partial charge < -0.3 is 3.11 Å². The molecule has 1 nitrogen and oxygen atoms in total. The number of nitrogens with zero attached hydrogens (tertiary/aromatic N) is 1. The van der Waals surface area contributed by atoms with E-state index in [1.165, 1.54) is 5.70 Å². The van der Waals surface area contributed by atoms with Crippen molar-refractivity contribution in [2.75, 3.05) is 0 Å². The zero-order valence-electron chi connectivity index (χ0n) is 5.63. The van der Waals surface area contributed by atoms with E-state index in [1.807, 2.05) is 0 Å². The first-order valence-corrected chi connectivity index (χ1v) is 3.98. The Bertz CT molecular complexity index is 160. The second-order valence-electron chi connectivity index (χ2n) is 2.24. The molecule has 0 N–H and O–H groups in total. The summed E-state index contributed by atoms with van der Waals surface area (Å²) in [5.41, 5.74) is 1.32. The van der Waals surface area contributed by atoms with Gasteiger partial charge in [-0.05, 0) is 19.9 Å². The maximum absolute atomic E-state index is 2.32. The average Bonchev–Trinajstić information content (AvgIpc) is 1.83. The molecular formula is C7H10IN. The molecule has 0 aliphatic carbocycles. The Labute approximate surface area is 69.9 Å². The van der Waals surface area contributed by atoms with E-state index in [-0.39, 0.29) is 0 Å². The van der Waals surface area contributed by atoms with Crippen molar-refractivity contribution in [1.82, 2.24) is 3.11 Å². The van der Waals surface area contributed by atoms with E-state index < -0.39 is 0 Å². The molecule has 50 valence electrons. The normalized spacial score (nSPS) is 26.3. The van der Waals surface area contributed by atoms with Gasteiger partial charge in [-0.2, -0.15) is 0 Å². The van der Waals surface area contributed by atoms with E-state index in [0.717, 1.165) is 0 Å². The van der Waals surface area contributed by atoms with Crippen LogP contribution in [0.4, 0.5) is 0 Å². The Morgan fingerprint density at radius 1 is 1.67 bits per heavy atom. The van der Waals surface area contributed by atoms with Crippen molar-refractivity contribution in [3.05, 3.63) is 23.9 Å². The quantitative estimate of drug-likeness (QED) is 0.460. The van der Waals surface area contributed by atoms with Gasteiger partial charge in [0.1, 0.15) is 0 Å². The lowest BCUT2D eigenvalue weighted by molar-refractivity contribution is 0.547. The SMILES string of the molecule is CC1=CC=CC(C)N1I. The standard InChI is InChI=1S/C7H10IN/c1-6-4-3-5-7(2)9(6)8/h3-6H,1-2H3. The van der Waals surface area contributed by atoms with Crippen molar-refractivity contribution in [2.45, 2.75) is 19.9 Å². The summed E-state index contributed by atoms with van der Waals surface area (Å²) >= 11 is 2.32. The lowest BCUT2D eigenvalue weighted by atomic mass is 10.2. The van der Waals surface area contributed by atoms with Gasteiger partial charge >= 0.3 is 0 Å². The molecular weight excluding hydrogens is 225 g/mol. The van der Waals surface area contributed by atoms with Crippen LogP contribution in [0.15, 0.2) is 23.9 Å². The van der Waals surface area contributed by atoms with Crippen LogP contribution in [0.2, 0.25) is 0 Å². The number of hydrogen-bond acceptors (Lipinski definition) is 1. The van der Waals surface area contributed by atoms with Crippen molar-refractivity contribution in [3.8, 4) is 0 Å². The minimum absolute atomic E-state index is 0.551. The molecule has 0 bridgehead atoms. The van der Waals surface area contributed by atoms with Gasteiger partial charge in [0, 0.05) is 5.70 Å². The average molecular weight is 235 g/mol. The van der Waals surface area contributed by atoms with Gasteiger partial charge in [-0.1, -0.05) is 12.2 Å². The predicted octanol–water partition coefficient (Wildman–Crippen LogP) is 2.50. The molecule has 1 unspecified atom stereocenters. The van der Waals surface area contributed by atoms with Crippen LogP contribution < -0.4 is 0 Å². The Balaban J connectivity index is 2.73. The summed E-state index contributed by atoms with van der Waals surface area (Å²) in [6, 6.07) is 0.551. The van der Waals surface area contributed by atoms with Gasteiger partial charge in [-0.15, -0.1) is 0 Å². The molecule has 1 rings (SSSR count). The largest absolute Gasteiger partial charge is 0.312 e. The lowest BCUT2D eigenvalue weighted by Gasteiger charge is -2.24. The van der Waals surface area contributed by atoms with Gasteiger partial charge in [-0.25, -0.2) is 0 Å². The van der Waals surface area contributed by atoms with Crippen molar-refractivity contribution >= 4 is 22.9 Å². The zero-order valence-corrected chi connectivity index (χ0v) is 7.79. The van der Waals surface area contributed by atoms with Crippen molar-refractivity contribution in [3.63, 3.8) is 0 Å². The van der Waals surface area contributed by atoms with Crippen molar-refractivity contribution in [2.24, 2.45) is 0 Å². The summed E-state index contributed by atoms with van der Waals surface area (Å²) in [5, 5.41) is 0. The Kier molecular flexibility index (Phi) is 2.16. The van der Waals surface area contributed by atoms with Crippen LogP contribution in [-0.2, 0) is 0 Å². The lowest BCUT2D eigenvalue weighted by Crippen LogP contribution is -2.21. The first-order valence-electron chi connectivity index (χ1n) is 3.02. The molecule has 1 heterocycles. The molecule has 9 heavy (non-hydrogen) atoms. The fraction of sp³-hybridized carbons (Fsp3) is 0.429. The summed E-state index contributed by atoms with van der Waals surface area (Å²) in [6.07, 6.45) is 6.40. The Hall–Kier alpha value is 0.0100. The van der Waals surface area contributed by atoms with Crippen LogP contribution in [0.5, 0.6) is 0 Å². The maximum atomic E-state index is 2.32. The molecule has 0 fully saturated rings. The number of hydrogen-bond donors (Lipinski definition) is 0. The maximum Gasteiger partial charge on any atom is 0.0594 e. The first-order chi connectivity index (χ1) is 4.22. The molecule has 1 aliphatic rings. The molecule has 0 amide bonds. The molecule has 0 radical (unpaired) electrons. The van der Waals surface area contributed by atoms with Crippen LogP contribution in [-0.4, -0.2) is 9.16 Å². The fourth-order valence-corrected chi connectivity index (χ4v) is 1.17. The van der Waals surface area contributed by atoms with Crippen molar-refractivity contribution in [1.29, 1.82) is 0 Å². The summed E-state index contributed by atoms with van der Waals surface area (Å²) in [5.74, 6) is 0. The molecule has 0 aromatic heterocycles. The predicted molar refractivity (Wildman–Crippen MR) is 48.2 cm³/mol. The highest BCUT2D eigenvalue weighted by Crippen LogP contribution is 2.19. The first kappa shape index (κ1) is 7.12. The van der Waals surface area contributed by atoms with E-state index in [2.05, 4.69) is 58.1 Å². The Morgan fingerprint density at radius 3 is 2.78 bits per heavy atom. The van der Waals surface area contributed by atoms with Gasteiger partial charge in [0.05, 0.1) is 28.9 Å². The van der Waals surface area contributed by atoms with E-state index >= 15 is 0 Å². The topological polar surface area (TPSA) is 3.24 Å². The number of allylic oxidation sites excluding steroid dienone is 3. The van der Waals surface area contributed by atoms with Crippen LogP contribution in [0, 0.1) is 0 Å². The van der Waals surface area contributed by atoms with Gasteiger partial charge in [0.15, 0.2) is 0 Å². The monoisotopic (exact) mass is 235 g/mol. The van der Waals surface area contributed by atoms with E-state index in [4.69, 9.17) is 0 Å². The smallest absolute Gasteiger partial charge is 0.0594 e.